The van der Waals surface area contributed by atoms with Gasteiger partial charge in [-0.15, -0.1) is 0 Å². The summed E-state index contributed by atoms with van der Waals surface area (Å²) in [7, 11) is 0. The highest BCUT2D eigenvalue weighted by Gasteiger charge is 2.28. The van der Waals surface area contributed by atoms with E-state index in [2.05, 4.69) is 36.0 Å². The summed E-state index contributed by atoms with van der Waals surface area (Å²) in [4.78, 5) is 6.98. The largest absolute Gasteiger partial charge is 0.444 e. The Morgan fingerprint density at radius 3 is 2.79 bits per heavy atom. The van der Waals surface area contributed by atoms with E-state index < -0.39 is 0 Å². The summed E-state index contributed by atoms with van der Waals surface area (Å²) in [6, 6.07) is 1.12. The van der Waals surface area contributed by atoms with Gasteiger partial charge in [-0.25, -0.2) is 4.98 Å². The lowest BCUT2D eigenvalue weighted by atomic mass is 9.96. The normalized spacial score (nSPS) is 26.6. The molecule has 0 saturated carbocycles. The molecule has 1 aromatic rings. The van der Waals surface area contributed by atoms with E-state index in [-0.39, 0.29) is 0 Å². The average Bonchev–Trinajstić information content (AvgIpc) is 2.70. The van der Waals surface area contributed by atoms with Crippen molar-refractivity contribution in [3.63, 3.8) is 0 Å². The fraction of sp³-hybridized carbons (Fsp3) is 0.800. The molecule has 0 spiro atoms. The molecule has 108 valence electrons. The molecule has 3 unspecified atom stereocenters. The zero-order valence-corrected chi connectivity index (χ0v) is 12.9. The van der Waals surface area contributed by atoms with Crippen molar-refractivity contribution in [2.75, 3.05) is 13.1 Å². The van der Waals surface area contributed by atoms with Crippen LogP contribution >= 0.6 is 0 Å². The van der Waals surface area contributed by atoms with Crippen molar-refractivity contribution in [1.29, 1.82) is 0 Å². The Bertz CT molecular complexity index is 396. The van der Waals surface area contributed by atoms with E-state index in [4.69, 9.17) is 4.42 Å². The van der Waals surface area contributed by atoms with Crippen molar-refractivity contribution < 1.29 is 4.42 Å². The minimum absolute atomic E-state index is 0.535. The maximum Gasteiger partial charge on any atom is 0.208 e. The van der Waals surface area contributed by atoms with Crippen LogP contribution in [0.1, 0.15) is 44.5 Å². The third kappa shape index (κ3) is 3.37. The molecule has 4 heteroatoms. The van der Waals surface area contributed by atoms with E-state index in [9.17, 15) is 0 Å². The van der Waals surface area contributed by atoms with Gasteiger partial charge in [0.05, 0.1) is 12.2 Å². The number of oxazole rings is 1. The fourth-order valence-corrected chi connectivity index (χ4v) is 2.61. The second-order valence-electron chi connectivity index (χ2n) is 5.93. The summed E-state index contributed by atoms with van der Waals surface area (Å²) in [6.07, 6.45) is 1.22. The van der Waals surface area contributed by atoms with E-state index in [1.165, 1.54) is 6.42 Å². The summed E-state index contributed by atoms with van der Waals surface area (Å²) in [5.41, 5.74) is 1.01. The zero-order chi connectivity index (χ0) is 14.0. The van der Waals surface area contributed by atoms with Gasteiger partial charge in [0.2, 0.25) is 5.89 Å². The van der Waals surface area contributed by atoms with Gasteiger partial charge in [0, 0.05) is 25.2 Å². The van der Waals surface area contributed by atoms with Crippen LogP contribution in [0.15, 0.2) is 4.42 Å². The van der Waals surface area contributed by atoms with E-state index in [0.29, 0.717) is 18.0 Å². The smallest absolute Gasteiger partial charge is 0.208 e. The van der Waals surface area contributed by atoms with Crippen LogP contribution in [0.4, 0.5) is 0 Å². The predicted octanol–water partition coefficient (Wildman–Crippen LogP) is 2.50. The SMILES string of the molecule is CCC(C)C1CN(Cc2nc(C)c(C)o2)C(C)CN1. The number of nitrogens with zero attached hydrogens (tertiary/aromatic N) is 2. The van der Waals surface area contributed by atoms with E-state index in [1.54, 1.807) is 0 Å². The third-order valence-electron chi connectivity index (χ3n) is 4.47. The molecular weight excluding hydrogens is 238 g/mol. The molecule has 0 radical (unpaired) electrons. The molecule has 0 amide bonds. The van der Waals surface area contributed by atoms with Crippen molar-refractivity contribution in [2.45, 2.75) is 59.7 Å². The number of piperazine rings is 1. The van der Waals surface area contributed by atoms with Crippen LogP contribution in [0.2, 0.25) is 0 Å². The monoisotopic (exact) mass is 265 g/mol. The molecule has 1 aliphatic rings. The van der Waals surface area contributed by atoms with Crippen molar-refractivity contribution in [2.24, 2.45) is 5.92 Å². The lowest BCUT2D eigenvalue weighted by Gasteiger charge is -2.40. The van der Waals surface area contributed by atoms with Crippen molar-refractivity contribution in [3.05, 3.63) is 17.3 Å². The maximum atomic E-state index is 5.71. The molecule has 1 N–H and O–H groups in total. The molecular formula is C15H27N3O. The van der Waals surface area contributed by atoms with E-state index >= 15 is 0 Å². The summed E-state index contributed by atoms with van der Waals surface area (Å²) in [5, 5.41) is 3.66. The Labute approximate surface area is 116 Å². The van der Waals surface area contributed by atoms with Gasteiger partial charge in [-0.1, -0.05) is 20.3 Å². The first-order valence-corrected chi connectivity index (χ1v) is 7.41. The second-order valence-corrected chi connectivity index (χ2v) is 5.93. The van der Waals surface area contributed by atoms with Gasteiger partial charge in [-0.2, -0.15) is 0 Å². The fourth-order valence-electron chi connectivity index (χ4n) is 2.61. The van der Waals surface area contributed by atoms with Crippen LogP contribution in [0, 0.1) is 19.8 Å². The Morgan fingerprint density at radius 2 is 2.21 bits per heavy atom. The quantitative estimate of drug-likeness (QED) is 0.908. The highest BCUT2D eigenvalue weighted by Crippen LogP contribution is 2.18. The number of hydrogen-bond donors (Lipinski definition) is 1. The zero-order valence-electron chi connectivity index (χ0n) is 12.9. The van der Waals surface area contributed by atoms with Gasteiger partial charge >= 0.3 is 0 Å². The summed E-state index contributed by atoms with van der Waals surface area (Å²) in [6.45, 7) is 13.8. The molecule has 0 aliphatic carbocycles. The number of hydrogen-bond acceptors (Lipinski definition) is 4. The van der Waals surface area contributed by atoms with Crippen LogP contribution < -0.4 is 5.32 Å². The molecule has 0 aromatic carbocycles. The van der Waals surface area contributed by atoms with Crippen LogP contribution in [0.3, 0.4) is 0 Å². The van der Waals surface area contributed by atoms with Gasteiger partial charge in [-0.05, 0) is 26.7 Å². The highest BCUT2D eigenvalue weighted by atomic mass is 16.4. The Hall–Kier alpha value is -0.870. The third-order valence-corrected chi connectivity index (χ3v) is 4.47. The van der Waals surface area contributed by atoms with Crippen LogP contribution in [0.5, 0.6) is 0 Å². The molecule has 1 saturated heterocycles. The van der Waals surface area contributed by atoms with Crippen LogP contribution in [0.25, 0.3) is 0 Å². The molecule has 1 fully saturated rings. The van der Waals surface area contributed by atoms with E-state index in [1.807, 2.05) is 13.8 Å². The Kier molecular flexibility index (Phi) is 4.63. The van der Waals surface area contributed by atoms with Gasteiger partial charge in [0.1, 0.15) is 5.76 Å². The standard InChI is InChI=1S/C15H27N3O/c1-6-10(2)14-8-18(11(3)7-16-14)9-15-17-12(4)13(5)19-15/h10-11,14,16H,6-9H2,1-5H3. The molecule has 0 bridgehead atoms. The first-order chi connectivity index (χ1) is 9.01. The van der Waals surface area contributed by atoms with Crippen molar-refractivity contribution in [1.82, 2.24) is 15.2 Å². The number of rotatable bonds is 4. The van der Waals surface area contributed by atoms with Crippen LogP contribution in [-0.2, 0) is 6.54 Å². The molecule has 19 heavy (non-hydrogen) atoms. The maximum absolute atomic E-state index is 5.71. The molecule has 2 heterocycles. The number of nitrogens with one attached hydrogen (secondary N) is 1. The minimum atomic E-state index is 0.535. The van der Waals surface area contributed by atoms with Gasteiger partial charge in [0.15, 0.2) is 0 Å². The lowest BCUT2D eigenvalue weighted by Crippen LogP contribution is -2.56. The van der Waals surface area contributed by atoms with Gasteiger partial charge < -0.3 is 9.73 Å². The average molecular weight is 265 g/mol. The summed E-state index contributed by atoms with van der Waals surface area (Å²) >= 11 is 0. The summed E-state index contributed by atoms with van der Waals surface area (Å²) < 4.78 is 5.71. The topological polar surface area (TPSA) is 41.3 Å². The molecule has 4 nitrogen and oxygen atoms in total. The highest BCUT2D eigenvalue weighted by molar-refractivity contribution is 5.05. The van der Waals surface area contributed by atoms with Crippen LogP contribution in [-0.4, -0.2) is 35.1 Å². The number of aryl methyl sites for hydroxylation is 2. The molecule has 3 atom stereocenters. The van der Waals surface area contributed by atoms with Crippen molar-refractivity contribution in [3.8, 4) is 0 Å². The van der Waals surface area contributed by atoms with Gasteiger partial charge in [0.25, 0.3) is 0 Å². The lowest BCUT2D eigenvalue weighted by molar-refractivity contribution is 0.102. The minimum Gasteiger partial charge on any atom is -0.444 e. The number of aromatic nitrogens is 1. The predicted molar refractivity (Wildman–Crippen MR) is 77.1 cm³/mol. The molecule has 1 aliphatic heterocycles. The van der Waals surface area contributed by atoms with Crippen molar-refractivity contribution >= 4 is 0 Å². The first-order valence-electron chi connectivity index (χ1n) is 7.41. The van der Waals surface area contributed by atoms with E-state index in [0.717, 1.165) is 37.0 Å². The summed E-state index contributed by atoms with van der Waals surface area (Å²) in [5.74, 6) is 2.51. The van der Waals surface area contributed by atoms with Gasteiger partial charge in [-0.3, -0.25) is 4.90 Å². The molecule has 2 rings (SSSR count). The molecule has 1 aromatic heterocycles. The second kappa shape index (κ2) is 6.06. The Balaban J connectivity index is 2.01. The first kappa shape index (κ1) is 14.5. The Morgan fingerprint density at radius 1 is 1.47 bits per heavy atom.